The quantitative estimate of drug-likeness (QED) is 0.786. The summed E-state index contributed by atoms with van der Waals surface area (Å²) >= 11 is 0. The molecule has 2 atom stereocenters. The summed E-state index contributed by atoms with van der Waals surface area (Å²) in [7, 11) is 0. The van der Waals surface area contributed by atoms with Crippen molar-refractivity contribution >= 4 is 0 Å². The van der Waals surface area contributed by atoms with E-state index in [2.05, 4.69) is 5.32 Å². The van der Waals surface area contributed by atoms with Crippen LogP contribution in [0.2, 0.25) is 0 Å². The standard InChI is InChI=1S/C13H15F2NO/c14-8-1-4-12(15)11(5-8)13(17)6-9-2-3-10(7-13)16-9/h1,4-5,9-10,16-17H,2-3,6-7H2. The minimum Gasteiger partial charge on any atom is -0.385 e. The van der Waals surface area contributed by atoms with Crippen molar-refractivity contribution in [3.63, 3.8) is 0 Å². The van der Waals surface area contributed by atoms with E-state index in [9.17, 15) is 13.9 Å². The van der Waals surface area contributed by atoms with E-state index < -0.39 is 17.2 Å². The summed E-state index contributed by atoms with van der Waals surface area (Å²) in [4.78, 5) is 0. The highest BCUT2D eigenvalue weighted by atomic mass is 19.1. The third-order valence-electron chi connectivity index (χ3n) is 3.93. The van der Waals surface area contributed by atoms with Crippen LogP contribution < -0.4 is 5.32 Å². The highest BCUT2D eigenvalue weighted by Crippen LogP contribution is 2.41. The van der Waals surface area contributed by atoms with Gasteiger partial charge < -0.3 is 10.4 Å². The smallest absolute Gasteiger partial charge is 0.129 e. The van der Waals surface area contributed by atoms with Gasteiger partial charge in [0, 0.05) is 17.6 Å². The largest absolute Gasteiger partial charge is 0.385 e. The number of hydrogen-bond donors (Lipinski definition) is 2. The van der Waals surface area contributed by atoms with Gasteiger partial charge in [0.15, 0.2) is 0 Å². The Bertz CT molecular complexity index is 437. The van der Waals surface area contributed by atoms with E-state index >= 15 is 0 Å². The molecule has 2 unspecified atom stereocenters. The molecule has 2 heterocycles. The number of nitrogens with one attached hydrogen (secondary N) is 1. The summed E-state index contributed by atoms with van der Waals surface area (Å²) in [5, 5.41) is 14.0. The van der Waals surface area contributed by atoms with E-state index in [-0.39, 0.29) is 17.6 Å². The van der Waals surface area contributed by atoms with Crippen LogP contribution in [0.1, 0.15) is 31.2 Å². The van der Waals surface area contributed by atoms with Crippen LogP contribution in [-0.2, 0) is 5.60 Å². The normalized spacial score (nSPS) is 36.2. The fraction of sp³-hybridized carbons (Fsp3) is 0.538. The van der Waals surface area contributed by atoms with Crippen molar-refractivity contribution in [3.8, 4) is 0 Å². The Morgan fingerprint density at radius 1 is 1.18 bits per heavy atom. The molecule has 4 heteroatoms. The molecule has 0 radical (unpaired) electrons. The molecule has 0 aliphatic carbocycles. The maximum atomic E-state index is 13.7. The van der Waals surface area contributed by atoms with E-state index in [1.165, 1.54) is 0 Å². The summed E-state index contributed by atoms with van der Waals surface area (Å²) in [6.07, 6.45) is 2.93. The zero-order valence-electron chi connectivity index (χ0n) is 9.42. The van der Waals surface area contributed by atoms with Crippen molar-refractivity contribution in [2.75, 3.05) is 0 Å². The molecule has 2 saturated heterocycles. The van der Waals surface area contributed by atoms with Crippen molar-refractivity contribution in [1.29, 1.82) is 0 Å². The highest BCUT2D eigenvalue weighted by molar-refractivity contribution is 5.27. The van der Waals surface area contributed by atoms with Gasteiger partial charge in [0.05, 0.1) is 5.60 Å². The van der Waals surface area contributed by atoms with Crippen LogP contribution in [0.3, 0.4) is 0 Å². The minimum atomic E-state index is -1.22. The van der Waals surface area contributed by atoms with Gasteiger partial charge in [-0.1, -0.05) is 0 Å². The van der Waals surface area contributed by atoms with Crippen molar-refractivity contribution in [2.24, 2.45) is 0 Å². The number of hydrogen-bond acceptors (Lipinski definition) is 2. The molecular formula is C13H15F2NO. The lowest BCUT2D eigenvalue weighted by Gasteiger charge is -2.37. The van der Waals surface area contributed by atoms with Gasteiger partial charge in [-0.3, -0.25) is 0 Å². The molecule has 0 aromatic heterocycles. The number of rotatable bonds is 1. The average Bonchev–Trinajstić information content (AvgIpc) is 2.62. The lowest BCUT2D eigenvalue weighted by Crippen LogP contribution is -2.47. The number of fused-ring (bicyclic) bond motifs is 2. The Hall–Kier alpha value is -1.00. The molecule has 0 amide bonds. The first-order chi connectivity index (χ1) is 8.07. The number of piperidine rings is 1. The predicted molar refractivity (Wildman–Crippen MR) is 59.4 cm³/mol. The van der Waals surface area contributed by atoms with Crippen molar-refractivity contribution in [2.45, 2.75) is 43.4 Å². The summed E-state index contributed by atoms with van der Waals surface area (Å²) < 4.78 is 26.9. The van der Waals surface area contributed by atoms with Crippen molar-refractivity contribution < 1.29 is 13.9 Å². The summed E-state index contributed by atoms with van der Waals surface area (Å²) in [5.41, 5.74) is -1.11. The SMILES string of the molecule is OC1(c2cc(F)ccc2F)CC2CCC(C1)N2. The molecule has 2 nitrogen and oxygen atoms in total. The number of halogens is 2. The molecule has 2 N–H and O–H groups in total. The average molecular weight is 239 g/mol. The first-order valence-electron chi connectivity index (χ1n) is 6.01. The van der Waals surface area contributed by atoms with Gasteiger partial charge in [-0.05, 0) is 43.9 Å². The maximum Gasteiger partial charge on any atom is 0.129 e. The van der Waals surface area contributed by atoms with Crippen LogP contribution in [0.25, 0.3) is 0 Å². The van der Waals surface area contributed by atoms with E-state index in [4.69, 9.17) is 0 Å². The second-order valence-corrected chi connectivity index (χ2v) is 5.20. The number of benzene rings is 1. The van der Waals surface area contributed by atoms with Gasteiger partial charge >= 0.3 is 0 Å². The first-order valence-corrected chi connectivity index (χ1v) is 6.01. The summed E-state index contributed by atoms with van der Waals surface area (Å²) in [6, 6.07) is 3.74. The van der Waals surface area contributed by atoms with Crippen LogP contribution in [0, 0.1) is 11.6 Å². The Kier molecular flexibility index (Phi) is 2.45. The molecule has 0 saturated carbocycles. The first kappa shape index (κ1) is 11.1. The molecule has 3 rings (SSSR count). The predicted octanol–water partition coefficient (Wildman–Crippen LogP) is 2.07. The van der Waals surface area contributed by atoms with E-state index in [1.54, 1.807) is 0 Å². The third kappa shape index (κ3) is 1.85. The maximum absolute atomic E-state index is 13.7. The molecule has 2 bridgehead atoms. The van der Waals surface area contributed by atoms with Gasteiger partial charge in [0.2, 0.25) is 0 Å². The van der Waals surface area contributed by atoms with Gasteiger partial charge in [-0.2, -0.15) is 0 Å². The molecule has 17 heavy (non-hydrogen) atoms. The zero-order chi connectivity index (χ0) is 12.0. The van der Waals surface area contributed by atoms with Gasteiger partial charge in [-0.15, -0.1) is 0 Å². The Balaban J connectivity index is 1.99. The summed E-state index contributed by atoms with van der Waals surface area (Å²) in [6.45, 7) is 0. The molecule has 2 fully saturated rings. The topological polar surface area (TPSA) is 32.3 Å². The lowest BCUT2D eigenvalue weighted by molar-refractivity contribution is -0.0146. The highest BCUT2D eigenvalue weighted by Gasteiger charge is 2.44. The van der Waals surface area contributed by atoms with Crippen molar-refractivity contribution in [3.05, 3.63) is 35.4 Å². The molecule has 2 aliphatic rings. The monoisotopic (exact) mass is 239 g/mol. The molecule has 92 valence electrons. The van der Waals surface area contributed by atoms with Crippen LogP contribution in [0.15, 0.2) is 18.2 Å². The van der Waals surface area contributed by atoms with Gasteiger partial charge in [0.25, 0.3) is 0 Å². The Labute approximate surface area is 98.6 Å². The Morgan fingerprint density at radius 2 is 1.82 bits per heavy atom. The van der Waals surface area contributed by atoms with E-state index in [0.717, 1.165) is 31.0 Å². The lowest BCUT2D eigenvalue weighted by atomic mass is 9.81. The minimum absolute atomic E-state index is 0.107. The van der Waals surface area contributed by atoms with Crippen LogP contribution in [0.5, 0.6) is 0 Å². The van der Waals surface area contributed by atoms with Crippen LogP contribution >= 0.6 is 0 Å². The Morgan fingerprint density at radius 3 is 2.47 bits per heavy atom. The van der Waals surface area contributed by atoms with Gasteiger partial charge in [-0.25, -0.2) is 8.78 Å². The third-order valence-corrected chi connectivity index (χ3v) is 3.93. The van der Waals surface area contributed by atoms with Crippen LogP contribution in [0.4, 0.5) is 8.78 Å². The second-order valence-electron chi connectivity index (χ2n) is 5.20. The summed E-state index contributed by atoms with van der Waals surface area (Å²) in [5.74, 6) is -1.02. The van der Waals surface area contributed by atoms with Gasteiger partial charge in [0.1, 0.15) is 11.6 Å². The molecule has 0 spiro atoms. The van der Waals surface area contributed by atoms with Crippen LogP contribution in [-0.4, -0.2) is 17.2 Å². The molecule has 1 aromatic rings. The van der Waals surface area contributed by atoms with Crippen molar-refractivity contribution in [1.82, 2.24) is 5.32 Å². The fourth-order valence-corrected chi connectivity index (χ4v) is 3.20. The molecule has 1 aromatic carbocycles. The second kappa shape index (κ2) is 3.75. The number of aliphatic hydroxyl groups is 1. The van der Waals surface area contributed by atoms with E-state index in [0.29, 0.717) is 12.8 Å². The fourth-order valence-electron chi connectivity index (χ4n) is 3.20. The molecular weight excluding hydrogens is 224 g/mol. The van der Waals surface area contributed by atoms with E-state index in [1.807, 2.05) is 0 Å². The molecule has 2 aliphatic heterocycles. The zero-order valence-corrected chi connectivity index (χ0v) is 9.42.